The number of methoxy groups -OCH3 is 2. The van der Waals surface area contributed by atoms with Crippen LogP contribution in [0.2, 0.25) is 0 Å². The minimum absolute atomic E-state index is 0.00294. The number of rotatable bonds is 7. The third-order valence-corrected chi connectivity index (χ3v) is 3.40. The van der Waals surface area contributed by atoms with Crippen molar-refractivity contribution >= 4 is 12.1 Å². The van der Waals surface area contributed by atoms with E-state index < -0.39 is 5.91 Å². The van der Waals surface area contributed by atoms with Crippen LogP contribution in [0.15, 0.2) is 41.5 Å². The predicted molar refractivity (Wildman–Crippen MR) is 98.5 cm³/mol. The van der Waals surface area contributed by atoms with Gasteiger partial charge in [-0.05, 0) is 38.1 Å². The molecule has 0 unspecified atom stereocenters. The second kappa shape index (κ2) is 8.75. The van der Waals surface area contributed by atoms with Crippen LogP contribution in [0.25, 0.3) is 0 Å². The molecule has 2 aromatic carbocycles. The van der Waals surface area contributed by atoms with Crippen LogP contribution in [0.4, 0.5) is 0 Å². The standard InChI is InChI=1S/C19H22N2O5/c1-12(2)26-15-6-5-13(17(22)9-15)11-20-21-19(23)16-8-7-14(24-3)10-18(16)25-4/h5-12,22H,1-4H3,(H,21,23). The number of ether oxygens (including phenoxy) is 3. The summed E-state index contributed by atoms with van der Waals surface area (Å²) < 4.78 is 15.8. The highest BCUT2D eigenvalue weighted by molar-refractivity contribution is 5.97. The van der Waals surface area contributed by atoms with E-state index in [1.54, 1.807) is 30.3 Å². The number of carbonyl (C=O) groups excluding carboxylic acids is 1. The van der Waals surface area contributed by atoms with Crippen LogP contribution >= 0.6 is 0 Å². The average molecular weight is 358 g/mol. The van der Waals surface area contributed by atoms with Crippen molar-refractivity contribution in [2.75, 3.05) is 14.2 Å². The average Bonchev–Trinajstić information content (AvgIpc) is 2.62. The molecular formula is C19H22N2O5. The van der Waals surface area contributed by atoms with E-state index in [-0.39, 0.29) is 11.9 Å². The van der Waals surface area contributed by atoms with E-state index >= 15 is 0 Å². The Kier molecular flexibility index (Phi) is 6.43. The van der Waals surface area contributed by atoms with E-state index in [1.807, 2.05) is 13.8 Å². The van der Waals surface area contributed by atoms with Crippen LogP contribution in [0.1, 0.15) is 29.8 Å². The molecule has 0 radical (unpaired) electrons. The number of carbonyl (C=O) groups is 1. The lowest BCUT2D eigenvalue weighted by atomic mass is 10.2. The molecule has 0 aliphatic carbocycles. The van der Waals surface area contributed by atoms with E-state index in [1.165, 1.54) is 26.5 Å². The molecule has 0 saturated heterocycles. The zero-order valence-electron chi connectivity index (χ0n) is 15.1. The van der Waals surface area contributed by atoms with Crippen molar-refractivity contribution in [2.45, 2.75) is 20.0 Å². The summed E-state index contributed by atoms with van der Waals surface area (Å²) in [4.78, 5) is 12.2. The molecule has 2 N–H and O–H groups in total. The first kappa shape index (κ1) is 19.1. The SMILES string of the molecule is COc1ccc(C(=O)NN=Cc2ccc(OC(C)C)cc2O)c(OC)c1. The van der Waals surface area contributed by atoms with Crippen molar-refractivity contribution in [3.63, 3.8) is 0 Å². The van der Waals surface area contributed by atoms with Crippen molar-refractivity contribution in [3.05, 3.63) is 47.5 Å². The Labute approximate surface area is 152 Å². The fourth-order valence-corrected chi connectivity index (χ4v) is 2.18. The molecule has 0 heterocycles. The molecule has 0 aliphatic rings. The molecule has 0 bridgehead atoms. The molecule has 0 spiro atoms. The van der Waals surface area contributed by atoms with Crippen molar-refractivity contribution in [1.29, 1.82) is 0 Å². The molecule has 138 valence electrons. The molecule has 2 aromatic rings. The van der Waals surface area contributed by atoms with Gasteiger partial charge < -0.3 is 19.3 Å². The van der Waals surface area contributed by atoms with Gasteiger partial charge in [-0.2, -0.15) is 5.10 Å². The monoisotopic (exact) mass is 358 g/mol. The van der Waals surface area contributed by atoms with E-state index in [2.05, 4.69) is 10.5 Å². The molecular weight excluding hydrogens is 336 g/mol. The summed E-state index contributed by atoms with van der Waals surface area (Å²) in [6.07, 6.45) is 1.36. The molecule has 0 fully saturated rings. The Morgan fingerprint density at radius 2 is 1.85 bits per heavy atom. The minimum Gasteiger partial charge on any atom is -0.507 e. The quantitative estimate of drug-likeness (QED) is 0.587. The summed E-state index contributed by atoms with van der Waals surface area (Å²) >= 11 is 0. The normalized spacial score (nSPS) is 10.8. The number of amides is 1. The lowest BCUT2D eigenvalue weighted by Gasteiger charge is -2.10. The number of nitrogens with one attached hydrogen (secondary N) is 1. The van der Waals surface area contributed by atoms with Gasteiger partial charge in [0.2, 0.25) is 0 Å². The number of hydrogen-bond acceptors (Lipinski definition) is 6. The third kappa shape index (κ3) is 4.89. The molecule has 0 aromatic heterocycles. The molecule has 0 atom stereocenters. The fraction of sp³-hybridized carbons (Fsp3) is 0.263. The molecule has 7 nitrogen and oxygen atoms in total. The lowest BCUT2D eigenvalue weighted by Crippen LogP contribution is -2.18. The molecule has 2 rings (SSSR count). The molecule has 7 heteroatoms. The number of phenolic OH excluding ortho intramolecular Hbond substituents is 1. The first-order valence-corrected chi connectivity index (χ1v) is 7.99. The first-order valence-electron chi connectivity index (χ1n) is 7.99. The Morgan fingerprint density at radius 1 is 1.12 bits per heavy atom. The number of phenols is 1. The first-order chi connectivity index (χ1) is 12.4. The van der Waals surface area contributed by atoms with Gasteiger partial charge in [-0.15, -0.1) is 0 Å². The van der Waals surface area contributed by atoms with E-state index in [9.17, 15) is 9.90 Å². The number of benzene rings is 2. The largest absolute Gasteiger partial charge is 0.507 e. The summed E-state index contributed by atoms with van der Waals surface area (Å²) in [5, 5.41) is 13.9. The second-order valence-corrected chi connectivity index (χ2v) is 5.65. The molecule has 26 heavy (non-hydrogen) atoms. The highest BCUT2D eigenvalue weighted by Crippen LogP contribution is 2.25. The van der Waals surface area contributed by atoms with Gasteiger partial charge in [-0.1, -0.05) is 0 Å². The molecule has 0 aliphatic heterocycles. The minimum atomic E-state index is -0.444. The van der Waals surface area contributed by atoms with Crippen LogP contribution in [0, 0.1) is 0 Å². The van der Waals surface area contributed by atoms with Gasteiger partial charge in [0.1, 0.15) is 23.0 Å². The van der Waals surface area contributed by atoms with Crippen molar-refractivity contribution < 1.29 is 24.1 Å². The van der Waals surface area contributed by atoms with Crippen molar-refractivity contribution in [1.82, 2.24) is 5.43 Å². The summed E-state index contributed by atoms with van der Waals surface area (Å²) in [7, 11) is 3.00. The van der Waals surface area contributed by atoms with Gasteiger partial charge in [0.25, 0.3) is 5.91 Å². The van der Waals surface area contributed by atoms with E-state index in [0.29, 0.717) is 28.4 Å². The van der Waals surface area contributed by atoms with E-state index in [4.69, 9.17) is 14.2 Å². The second-order valence-electron chi connectivity index (χ2n) is 5.65. The maximum atomic E-state index is 12.2. The smallest absolute Gasteiger partial charge is 0.275 e. The molecule has 0 saturated carbocycles. The summed E-state index contributed by atoms with van der Waals surface area (Å²) in [6, 6.07) is 9.71. The third-order valence-electron chi connectivity index (χ3n) is 3.40. The Balaban J connectivity index is 2.07. The number of nitrogens with zero attached hydrogens (tertiary/aromatic N) is 1. The zero-order chi connectivity index (χ0) is 19.1. The van der Waals surface area contributed by atoms with Crippen LogP contribution in [-0.2, 0) is 0 Å². The summed E-state index contributed by atoms with van der Waals surface area (Å²) in [6.45, 7) is 3.80. The van der Waals surface area contributed by atoms with Crippen LogP contribution in [0.5, 0.6) is 23.0 Å². The van der Waals surface area contributed by atoms with E-state index in [0.717, 1.165) is 0 Å². The van der Waals surface area contributed by atoms with Crippen molar-refractivity contribution in [3.8, 4) is 23.0 Å². The Morgan fingerprint density at radius 3 is 2.46 bits per heavy atom. The van der Waals surface area contributed by atoms with Gasteiger partial charge in [-0.3, -0.25) is 4.79 Å². The van der Waals surface area contributed by atoms with Gasteiger partial charge in [0, 0.05) is 17.7 Å². The zero-order valence-corrected chi connectivity index (χ0v) is 15.1. The lowest BCUT2D eigenvalue weighted by molar-refractivity contribution is 0.0952. The van der Waals surface area contributed by atoms with Crippen LogP contribution < -0.4 is 19.6 Å². The Hall–Kier alpha value is -3.22. The van der Waals surface area contributed by atoms with Crippen molar-refractivity contribution in [2.24, 2.45) is 5.10 Å². The topological polar surface area (TPSA) is 89.4 Å². The maximum absolute atomic E-state index is 12.2. The predicted octanol–water partition coefficient (Wildman–Crippen LogP) is 2.96. The summed E-state index contributed by atoms with van der Waals surface area (Å²) in [5.41, 5.74) is 3.16. The number of hydrogen-bond donors (Lipinski definition) is 2. The highest BCUT2D eigenvalue weighted by atomic mass is 16.5. The summed E-state index contributed by atoms with van der Waals surface area (Å²) in [5.74, 6) is 1.07. The van der Waals surface area contributed by atoms with Gasteiger partial charge in [-0.25, -0.2) is 5.43 Å². The number of hydrazone groups is 1. The maximum Gasteiger partial charge on any atom is 0.275 e. The van der Waals surface area contributed by atoms with Gasteiger partial charge in [0.15, 0.2) is 0 Å². The Bertz CT molecular complexity index is 803. The number of aromatic hydroxyl groups is 1. The molecule has 1 amide bonds. The van der Waals surface area contributed by atoms with Gasteiger partial charge in [0.05, 0.1) is 32.1 Å². The van der Waals surface area contributed by atoms with Crippen LogP contribution in [0.3, 0.4) is 0 Å². The van der Waals surface area contributed by atoms with Gasteiger partial charge >= 0.3 is 0 Å². The highest BCUT2D eigenvalue weighted by Gasteiger charge is 2.12. The fourth-order valence-electron chi connectivity index (χ4n) is 2.18. The van der Waals surface area contributed by atoms with Crippen LogP contribution in [-0.4, -0.2) is 37.6 Å².